The van der Waals surface area contributed by atoms with Gasteiger partial charge in [-0.3, -0.25) is 9.59 Å². The molecule has 1 saturated heterocycles. The lowest BCUT2D eigenvalue weighted by Crippen LogP contribution is -2.59. The van der Waals surface area contributed by atoms with Gasteiger partial charge in [-0.1, -0.05) is 35.8 Å². The second kappa shape index (κ2) is 13.6. The topological polar surface area (TPSA) is 74.7 Å². The number of amides is 2. The van der Waals surface area contributed by atoms with Crippen molar-refractivity contribution >= 4 is 58.8 Å². The zero-order valence-corrected chi connectivity index (χ0v) is 25.7. The van der Waals surface area contributed by atoms with Gasteiger partial charge in [-0.2, -0.15) is 4.99 Å². The van der Waals surface area contributed by atoms with Gasteiger partial charge in [0.15, 0.2) is 0 Å². The molecule has 0 N–H and O–H groups in total. The third-order valence-electron chi connectivity index (χ3n) is 7.17. The highest BCUT2D eigenvalue weighted by molar-refractivity contribution is 7.99. The summed E-state index contributed by atoms with van der Waals surface area (Å²) >= 11 is 14.7. The minimum absolute atomic E-state index is 0.0113. The molecule has 0 spiro atoms. The van der Waals surface area contributed by atoms with E-state index >= 15 is 0 Å². The van der Waals surface area contributed by atoms with E-state index in [1.165, 1.54) is 12.1 Å². The zero-order chi connectivity index (χ0) is 29.8. The van der Waals surface area contributed by atoms with Gasteiger partial charge in [-0.05, 0) is 43.7 Å². The largest absolute Gasteiger partial charge is 0.370 e. The van der Waals surface area contributed by atoms with E-state index in [0.29, 0.717) is 59.3 Å². The molecule has 0 aromatic heterocycles. The number of nitrogens with zero attached hydrogens (tertiary/aromatic N) is 4. The van der Waals surface area contributed by atoms with Crippen molar-refractivity contribution in [3.8, 4) is 11.1 Å². The van der Waals surface area contributed by atoms with E-state index in [2.05, 4.69) is 16.5 Å². The highest BCUT2D eigenvalue weighted by Gasteiger charge is 2.36. The number of hydrogen-bond donors (Lipinski definition) is 0. The van der Waals surface area contributed by atoms with Gasteiger partial charge in [0, 0.05) is 67.7 Å². The van der Waals surface area contributed by atoms with E-state index in [9.17, 15) is 14.0 Å². The highest BCUT2D eigenvalue weighted by atomic mass is 35.5. The summed E-state index contributed by atoms with van der Waals surface area (Å²) in [5, 5.41) is 0.390. The Bertz CT molecular complexity index is 1350. The van der Waals surface area contributed by atoms with Crippen LogP contribution in [0.5, 0.6) is 0 Å². The average molecular weight is 624 g/mol. The summed E-state index contributed by atoms with van der Waals surface area (Å²) in [5.74, 6) is 0.384. The quantitative estimate of drug-likeness (QED) is 0.136. The Morgan fingerprint density at radius 3 is 2.51 bits per heavy atom. The Hall–Kier alpha value is -2.63. The number of anilines is 1. The van der Waals surface area contributed by atoms with E-state index in [1.54, 1.807) is 42.0 Å². The first-order valence-corrected chi connectivity index (χ1v) is 14.8. The van der Waals surface area contributed by atoms with Crippen LogP contribution in [0.15, 0.2) is 46.8 Å². The molecule has 2 aliphatic rings. The molecule has 4 rings (SSSR count). The monoisotopic (exact) mass is 622 g/mol. The van der Waals surface area contributed by atoms with E-state index in [-0.39, 0.29) is 35.9 Å². The van der Waals surface area contributed by atoms with Crippen molar-refractivity contribution in [2.24, 2.45) is 4.99 Å². The van der Waals surface area contributed by atoms with Crippen molar-refractivity contribution in [2.45, 2.75) is 36.9 Å². The molecule has 220 valence electrons. The predicted octanol–water partition coefficient (Wildman–Crippen LogP) is 5.34. The van der Waals surface area contributed by atoms with Crippen LogP contribution in [-0.2, 0) is 19.1 Å². The lowest BCUT2D eigenvalue weighted by atomic mass is 9.98. The van der Waals surface area contributed by atoms with Crippen LogP contribution < -0.4 is 4.90 Å². The van der Waals surface area contributed by atoms with Crippen LogP contribution in [-0.4, -0.2) is 92.5 Å². The molecule has 1 fully saturated rings. The normalized spacial score (nSPS) is 21.4. The highest BCUT2D eigenvalue weighted by Crippen LogP contribution is 2.48. The molecule has 3 unspecified atom stereocenters. The third-order valence-corrected chi connectivity index (χ3v) is 8.99. The molecule has 0 radical (unpaired) electrons. The lowest BCUT2D eigenvalue weighted by molar-refractivity contribution is -0.132. The van der Waals surface area contributed by atoms with Gasteiger partial charge >= 0.3 is 0 Å². The summed E-state index contributed by atoms with van der Waals surface area (Å²) in [6, 6.07) is 5.99. The summed E-state index contributed by atoms with van der Waals surface area (Å²) in [6.45, 7) is 9.13. The number of rotatable bonds is 7. The number of likely N-dealkylation sites (N-methyl/N-ethyl adjacent to an activating group) is 1. The summed E-state index contributed by atoms with van der Waals surface area (Å²) in [7, 11) is 3.51. The van der Waals surface area contributed by atoms with E-state index < -0.39 is 5.82 Å². The second-order valence-electron chi connectivity index (χ2n) is 10.1. The summed E-state index contributed by atoms with van der Waals surface area (Å²) < 4.78 is 25.2. The minimum atomic E-state index is -0.523. The van der Waals surface area contributed by atoms with Crippen molar-refractivity contribution < 1.29 is 23.5 Å². The fourth-order valence-electron chi connectivity index (χ4n) is 5.52. The van der Waals surface area contributed by atoms with Gasteiger partial charge in [-0.25, -0.2) is 4.39 Å². The van der Waals surface area contributed by atoms with Crippen LogP contribution in [0.2, 0.25) is 10.0 Å². The van der Waals surface area contributed by atoms with Gasteiger partial charge in [0.2, 0.25) is 12.3 Å². The maximum absolute atomic E-state index is 14.1. The Labute approximate surface area is 254 Å². The van der Waals surface area contributed by atoms with E-state index in [4.69, 9.17) is 32.7 Å². The number of thioether (sulfide) groups is 1. The first kappa shape index (κ1) is 31.3. The molecule has 41 heavy (non-hydrogen) atoms. The number of methoxy groups -OCH3 is 1. The van der Waals surface area contributed by atoms with Gasteiger partial charge in [0.05, 0.1) is 21.8 Å². The Morgan fingerprint density at radius 2 is 1.90 bits per heavy atom. The van der Waals surface area contributed by atoms with E-state index in [1.807, 2.05) is 25.8 Å². The Kier molecular flexibility index (Phi) is 10.4. The van der Waals surface area contributed by atoms with Crippen LogP contribution in [0, 0.1) is 5.82 Å². The molecule has 2 amide bonds. The number of amidine groups is 1. The molecule has 0 saturated carbocycles. The Morgan fingerprint density at radius 1 is 1.20 bits per heavy atom. The number of benzene rings is 2. The number of carbonyl (C=O) groups excluding carboxylic acids is 2. The maximum Gasteiger partial charge on any atom is 0.246 e. The molecule has 2 aromatic carbocycles. The van der Waals surface area contributed by atoms with Gasteiger partial charge in [-0.15, -0.1) is 11.8 Å². The number of hydrogen-bond acceptors (Lipinski definition) is 6. The van der Waals surface area contributed by atoms with Crippen molar-refractivity contribution in [3.63, 3.8) is 0 Å². The number of piperazine rings is 1. The Balaban J connectivity index is 1.88. The SMILES string of the molecule is C=CC(=O)N1C(C)CN(C(=NC=O)c2cc(Cl)c(-c3ccc(F)c(Cl)c3)c3c2N(C)CC(OCOC)CS3)CC1C. The van der Waals surface area contributed by atoms with Crippen LogP contribution >= 0.6 is 35.0 Å². The number of halogens is 3. The number of fused-ring (bicyclic) bond motifs is 1. The second-order valence-corrected chi connectivity index (χ2v) is 11.9. The molecule has 12 heteroatoms. The van der Waals surface area contributed by atoms with Crippen LogP contribution in [0.3, 0.4) is 0 Å². The number of aliphatic imine (C=N–C) groups is 1. The number of carbonyl (C=O) groups is 2. The van der Waals surface area contributed by atoms with Crippen LogP contribution in [0.4, 0.5) is 10.1 Å². The molecule has 3 atom stereocenters. The van der Waals surface area contributed by atoms with Crippen LogP contribution in [0.1, 0.15) is 19.4 Å². The van der Waals surface area contributed by atoms with Crippen molar-refractivity contribution in [3.05, 3.63) is 58.3 Å². The van der Waals surface area contributed by atoms with Crippen molar-refractivity contribution in [2.75, 3.05) is 51.2 Å². The lowest BCUT2D eigenvalue weighted by Gasteiger charge is -2.45. The maximum atomic E-state index is 14.1. The van der Waals surface area contributed by atoms with E-state index in [0.717, 1.165) is 10.6 Å². The average Bonchev–Trinajstić information content (AvgIpc) is 3.09. The zero-order valence-electron chi connectivity index (χ0n) is 23.4. The van der Waals surface area contributed by atoms with Gasteiger partial charge in [0.1, 0.15) is 18.4 Å². The predicted molar refractivity (Wildman–Crippen MR) is 163 cm³/mol. The minimum Gasteiger partial charge on any atom is -0.370 e. The van der Waals surface area contributed by atoms with Crippen molar-refractivity contribution in [1.29, 1.82) is 0 Å². The summed E-state index contributed by atoms with van der Waals surface area (Å²) in [5.41, 5.74) is 2.84. The molecule has 2 aliphatic heterocycles. The fourth-order valence-corrected chi connectivity index (χ4v) is 7.40. The standard InChI is InChI=1S/C29H33Cl2FN4O4S/c1-6-25(38)36-17(2)11-35(12-18(36)3)29(33-15-37)21-10-23(31)26(19-7-8-24(32)22(30)9-19)28-27(21)34(4)13-20(14-41-28)40-16-39-5/h6-10,15,17-18,20H,1,11-14,16H2,2-5H3. The molecular formula is C29H33Cl2FN4O4S. The smallest absolute Gasteiger partial charge is 0.246 e. The molecular weight excluding hydrogens is 590 g/mol. The first-order valence-electron chi connectivity index (χ1n) is 13.1. The fraction of sp³-hybridized carbons (Fsp3) is 0.414. The molecule has 2 aromatic rings. The molecule has 0 aliphatic carbocycles. The molecule has 2 heterocycles. The van der Waals surface area contributed by atoms with Crippen LogP contribution in [0.25, 0.3) is 11.1 Å². The number of ether oxygens (including phenoxy) is 2. The first-order chi connectivity index (χ1) is 19.6. The van der Waals surface area contributed by atoms with Gasteiger partial charge in [0.25, 0.3) is 0 Å². The molecule has 8 nitrogen and oxygen atoms in total. The summed E-state index contributed by atoms with van der Waals surface area (Å²) in [4.78, 5) is 35.4. The molecule has 0 bridgehead atoms. The van der Waals surface area contributed by atoms with Gasteiger partial charge < -0.3 is 24.2 Å². The third kappa shape index (κ3) is 6.57. The van der Waals surface area contributed by atoms with Crippen molar-refractivity contribution in [1.82, 2.24) is 9.80 Å². The summed E-state index contributed by atoms with van der Waals surface area (Å²) in [6.07, 6.45) is 1.67.